The number of carbonyl (C=O) groups excluding carboxylic acids is 1. The van der Waals surface area contributed by atoms with Crippen molar-refractivity contribution in [1.82, 2.24) is 0 Å². The number of ether oxygens (including phenoxy) is 1. The van der Waals surface area contributed by atoms with Gasteiger partial charge < -0.3 is 10.1 Å². The molecule has 108 valence electrons. The van der Waals surface area contributed by atoms with Gasteiger partial charge in [0.15, 0.2) is 0 Å². The Kier molecular flexibility index (Phi) is 4.11. The van der Waals surface area contributed by atoms with Gasteiger partial charge in [0.25, 0.3) is 0 Å². The van der Waals surface area contributed by atoms with Crippen molar-refractivity contribution in [2.24, 2.45) is 0 Å². The van der Waals surface area contributed by atoms with Crippen molar-refractivity contribution < 1.29 is 9.53 Å². The minimum Gasteiger partial charge on any atom is -0.457 e. The van der Waals surface area contributed by atoms with E-state index in [1.54, 1.807) is 12.1 Å². The monoisotopic (exact) mass is 301 g/mol. The van der Waals surface area contributed by atoms with E-state index in [2.05, 4.69) is 17.4 Å². The number of amides is 1. The lowest BCUT2D eigenvalue weighted by Gasteiger charge is -2.09. The van der Waals surface area contributed by atoms with Crippen LogP contribution in [0.1, 0.15) is 17.5 Å². The van der Waals surface area contributed by atoms with Crippen molar-refractivity contribution in [3.63, 3.8) is 0 Å². The van der Waals surface area contributed by atoms with E-state index in [4.69, 9.17) is 16.3 Å². The Labute approximate surface area is 128 Å². The van der Waals surface area contributed by atoms with Gasteiger partial charge in [0, 0.05) is 5.69 Å². The van der Waals surface area contributed by atoms with E-state index >= 15 is 0 Å². The molecule has 0 atom stereocenters. The first-order valence-electron chi connectivity index (χ1n) is 7.00. The number of fused-ring (bicyclic) bond motifs is 1. The summed E-state index contributed by atoms with van der Waals surface area (Å²) in [6.07, 6.45) is 3.54. The van der Waals surface area contributed by atoms with Crippen molar-refractivity contribution in [3.05, 3.63) is 53.6 Å². The lowest BCUT2D eigenvalue weighted by Crippen LogP contribution is -2.12. The molecule has 3 rings (SSSR count). The molecule has 0 saturated heterocycles. The maximum Gasteiger partial charge on any atom is 0.239 e. The second-order valence-electron chi connectivity index (χ2n) is 5.09. The first kappa shape index (κ1) is 14.0. The average molecular weight is 302 g/mol. The summed E-state index contributed by atoms with van der Waals surface area (Å²) in [7, 11) is 0. The minimum atomic E-state index is -0.219. The number of anilines is 1. The number of hydrogen-bond donors (Lipinski definition) is 1. The molecule has 0 saturated carbocycles. The van der Waals surface area contributed by atoms with E-state index < -0.39 is 0 Å². The fourth-order valence-electron chi connectivity index (χ4n) is 2.55. The Morgan fingerprint density at radius 1 is 1.05 bits per heavy atom. The zero-order chi connectivity index (χ0) is 14.7. The van der Waals surface area contributed by atoms with Crippen LogP contribution >= 0.6 is 11.6 Å². The molecule has 0 fully saturated rings. The second kappa shape index (κ2) is 6.19. The van der Waals surface area contributed by atoms with Gasteiger partial charge in [-0.1, -0.05) is 6.07 Å². The Bertz CT molecular complexity index is 652. The number of hydrogen-bond acceptors (Lipinski definition) is 2. The number of rotatable bonds is 4. The molecule has 0 heterocycles. The van der Waals surface area contributed by atoms with Gasteiger partial charge >= 0.3 is 0 Å². The summed E-state index contributed by atoms with van der Waals surface area (Å²) in [4.78, 5) is 11.2. The van der Waals surface area contributed by atoms with Gasteiger partial charge in [-0.2, -0.15) is 0 Å². The van der Waals surface area contributed by atoms with Crippen LogP contribution in [0.25, 0.3) is 0 Å². The van der Waals surface area contributed by atoms with E-state index in [9.17, 15) is 4.79 Å². The van der Waals surface area contributed by atoms with Crippen LogP contribution in [0.4, 0.5) is 5.69 Å². The van der Waals surface area contributed by atoms with Gasteiger partial charge in [-0.3, -0.25) is 4.79 Å². The smallest absolute Gasteiger partial charge is 0.239 e. The van der Waals surface area contributed by atoms with Gasteiger partial charge in [-0.25, -0.2) is 0 Å². The van der Waals surface area contributed by atoms with E-state index in [0.717, 1.165) is 17.9 Å². The maximum absolute atomic E-state index is 11.2. The number of nitrogens with one attached hydrogen (secondary N) is 1. The standard InChI is InChI=1S/C17H16ClNO2/c18-11-17(20)19-14-5-8-15(9-6-14)21-16-7-4-12-2-1-3-13(12)10-16/h4-10H,1-3,11H2,(H,19,20). The molecule has 0 unspecified atom stereocenters. The minimum absolute atomic E-state index is 0.0482. The summed E-state index contributed by atoms with van der Waals surface area (Å²) < 4.78 is 5.85. The van der Waals surface area contributed by atoms with Crippen LogP contribution in [0, 0.1) is 0 Å². The third kappa shape index (κ3) is 3.37. The molecule has 1 aliphatic rings. The summed E-state index contributed by atoms with van der Waals surface area (Å²) in [6, 6.07) is 13.5. The molecule has 0 aromatic heterocycles. The second-order valence-corrected chi connectivity index (χ2v) is 5.36. The molecule has 0 bridgehead atoms. The molecule has 2 aromatic carbocycles. The lowest BCUT2D eigenvalue weighted by molar-refractivity contribution is -0.113. The van der Waals surface area contributed by atoms with Crippen LogP contribution in [0.2, 0.25) is 0 Å². The SMILES string of the molecule is O=C(CCl)Nc1ccc(Oc2ccc3c(c2)CCC3)cc1. The van der Waals surface area contributed by atoms with Crippen LogP contribution in [-0.2, 0) is 17.6 Å². The summed E-state index contributed by atoms with van der Waals surface area (Å²) in [5, 5.41) is 2.69. The number of halogens is 1. The summed E-state index contributed by atoms with van der Waals surface area (Å²) in [5.74, 6) is 1.34. The average Bonchev–Trinajstić information content (AvgIpc) is 2.96. The van der Waals surface area contributed by atoms with Gasteiger partial charge in [0.05, 0.1) is 0 Å². The highest BCUT2D eigenvalue weighted by Crippen LogP contribution is 2.29. The normalized spacial score (nSPS) is 12.8. The molecule has 3 nitrogen and oxygen atoms in total. The zero-order valence-corrected chi connectivity index (χ0v) is 12.3. The van der Waals surface area contributed by atoms with Crippen molar-refractivity contribution in [2.75, 3.05) is 11.2 Å². The molecule has 0 aliphatic heterocycles. The van der Waals surface area contributed by atoms with Gasteiger partial charge in [-0.15, -0.1) is 11.6 Å². The molecule has 2 aromatic rings. The van der Waals surface area contributed by atoms with E-state index in [1.165, 1.54) is 24.0 Å². The third-order valence-electron chi connectivity index (χ3n) is 3.57. The zero-order valence-electron chi connectivity index (χ0n) is 11.6. The number of alkyl halides is 1. The summed E-state index contributed by atoms with van der Waals surface area (Å²) >= 11 is 5.45. The van der Waals surface area contributed by atoms with E-state index in [1.807, 2.05) is 18.2 Å². The Hall–Kier alpha value is -2.00. The topological polar surface area (TPSA) is 38.3 Å². The summed E-state index contributed by atoms with van der Waals surface area (Å²) in [5.41, 5.74) is 3.53. The van der Waals surface area contributed by atoms with Crippen LogP contribution in [-0.4, -0.2) is 11.8 Å². The highest BCUT2D eigenvalue weighted by atomic mass is 35.5. The van der Waals surface area contributed by atoms with E-state index in [0.29, 0.717) is 5.69 Å². The molecular weight excluding hydrogens is 286 g/mol. The predicted molar refractivity (Wildman–Crippen MR) is 84.3 cm³/mol. The molecule has 1 aliphatic carbocycles. The van der Waals surface area contributed by atoms with Crippen molar-refractivity contribution in [3.8, 4) is 11.5 Å². The van der Waals surface area contributed by atoms with Crippen LogP contribution < -0.4 is 10.1 Å². The number of carbonyl (C=O) groups is 1. The van der Waals surface area contributed by atoms with Crippen molar-refractivity contribution >= 4 is 23.2 Å². The fraction of sp³-hybridized carbons (Fsp3) is 0.235. The molecule has 0 spiro atoms. The highest BCUT2D eigenvalue weighted by Gasteiger charge is 2.11. The Balaban J connectivity index is 1.69. The quantitative estimate of drug-likeness (QED) is 0.862. The molecule has 1 N–H and O–H groups in total. The molecule has 21 heavy (non-hydrogen) atoms. The molecular formula is C17H16ClNO2. The predicted octanol–water partition coefficient (Wildman–Crippen LogP) is 4.14. The van der Waals surface area contributed by atoms with Crippen molar-refractivity contribution in [1.29, 1.82) is 0 Å². The van der Waals surface area contributed by atoms with E-state index in [-0.39, 0.29) is 11.8 Å². The fourth-order valence-corrected chi connectivity index (χ4v) is 2.62. The van der Waals surface area contributed by atoms with Crippen LogP contribution in [0.15, 0.2) is 42.5 Å². The summed E-state index contributed by atoms with van der Waals surface area (Å²) in [6.45, 7) is 0. The maximum atomic E-state index is 11.2. The van der Waals surface area contributed by atoms with Gasteiger partial charge in [-0.05, 0) is 66.8 Å². The third-order valence-corrected chi connectivity index (χ3v) is 3.81. The van der Waals surface area contributed by atoms with Crippen LogP contribution in [0.5, 0.6) is 11.5 Å². The van der Waals surface area contributed by atoms with Gasteiger partial charge in [0.1, 0.15) is 17.4 Å². The highest BCUT2D eigenvalue weighted by molar-refractivity contribution is 6.29. The molecule has 0 radical (unpaired) electrons. The Morgan fingerprint density at radius 3 is 2.52 bits per heavy atom. The van der Waals surface area contributed by atoms with Crippen LogP contribution in [0.3, 0.4) is 0 Å². The number of aryl methyl sites for hydroxylation is 2. The Morgan fingerprint density at radius 2 is 1.76 bits per heavy atom. The first-order valence-corrected chi connectivity index (χ1v) is 7.53. The first-order chi connectivity index (χ1) is 10.2. The lowest BCUT2D eigenvalue weighted by atomic mass is 10.1. The van der Waals surface area contributed by atoms with Crippen molar-refractivity contribution in [2.45, 2.75) is 19.3 Å². The molecule has 1 amide bonds. The molecule has 4 heteroatoms. The number of benzene rings is 2. The van der Waals surface area contributed by atoms with Gasteiger partial charge in [0.2, 0.25) is 5.91 Å². The largest absolute Gasteiger partial charge is 0.457 e.